The van der Waals surface area contributed by atoms with Crippen LogP contribution in [0.1, 0.15) is 28.8 Å². The number of carbonyl (C=O) groups excluding carboxylic acids is 1. The summed E-state index contributed by atoms with van der Waals surface area (Å²) < 4.78 is 0. The Morgan fingerprint density at radius 1 is 1.15 bits per heavy atom. The number of hydrogen-bond acceptors (Lipinski definition) is 5. The molecule has 1 aliphatic rings. The Morgan fingerprint density at radius 2 is 1.88 bits per heavy atom. The number of anilines is 2. The monoisotopic (exact) mass is 373 g/mol. The summed E-state index contributed by atoms with van der Waals surface area (Å²) in [6.45, 7) is 10.2. The average Bonchev–Trinajstić information content (AvgIpc) is 2.64. The molecule has 1 fully saturated rings. The van der Waals surface area contributed by atoms with Crippen LogP contribution in [0.15, 0.2) is 24.3 Å². The van der Waals surface area contributed by atoms with Crippen LogP contribution >= 0.6 is 11.6 Å². The van der Waals surface area contributed by atoms with E-state index in [0.717, 1.165) is 44.0 Å². The van der Waals surface area contributed by atoms with Gasteiger partial charge in [0.1, 0.15) is 17.3 Å². The second kappa shape index (κ2) is 8.01. The zero-order chi connectivity index (χ0) is 18.7. The van der Waals surface area contributed by atoms with Crippen molar-refractivity contribution in [2.75, 3.05) is 38.0 Å². The van der Waals surface area contributed by atoms with E-state index in [1.54, 1.807) is 13.0 Å². The summed E-state index contributed by atoms with van der Waals surface area (Å²) in [5, 5.41) is 3.90. The van der Waals surface area contributed by atoms with Crippen LogP contribution in [0.3, 0.4) is 0 Å². The maximum atomic E-state index is 12.8. The summed E-state index contributed by atoms with van der Waals surface area (Å²) in [4.78, 5) is 25.8. The summed E-state index contributed by atoms with van der Waals surface area (Å²) in [5.74, 6) is 1.11. The lowest BCUT2D eigenvalue weighted by Gasteiger charge is -2.33. The Morgan fingerprint density at radius 3 is 2.58 bits per heavy atom. The molecule has 138 valence electrons. The Bertz CT molecular complexity index is 803. The summed E-state index contributed by atoms with van der Waals surface area (Å²) in [6.07, 6.45) is 0. The number of halogens is 1. The lowest BCUT2D eigenvalue weighted by molar-refractivity contribution is 0.0637. The smallest absolute Gasteiger partial charge is 0.272 e. The molecule has 1 amide bonds. The van der Waals surface area contributed by atoms with E-state index in [0.29, 0.717) is 22.4 Å². The van der Waals surface area contributed by atoms with E-state index in [1.807, 2.05) is 30.0 Å². The van der Waals surface area contributed by atoms with E-state index in [4.69, 9.17) is 11.6 Å². The molecule has 7 heteroatoms. The highest BCUT2D eigenvalue weighted by atomic mass is 35.5. The number of nitrogens with zero attached hydrogens (tertiary/aromatic N) is 4. The first-order valence-corrected chi connectivity index (χ1v) is 9.24. The molecule has 1 N–H and O–H groups in total. The number of carbonyl (C=O) groups is 1. The number of benzene rings is 1. The van der Waals surface area contributed by atoms with Gasteiger partial charge in [0, 0.05) is 43.0 Å². The topological polar surface area (TPSA) is 61.4 Å². The van der Waals surface area contributed by atoms with E-state index >= 15 is 0 Å². The molecule has 0 atom stereocenters. The van der Waals surface area contributed by atoms with Crippen LogP contribution in [0, 0.1) is 13.8 Å². The predicted molar refractivity (Wildman–Crippen MR) is 104 cm³/mol. The molecule has 2 heterocycles. The number of aryl methyl sites for hydroxylation is 2. The highest BCUT2D eigenvalue weighted by Gasteiger charge is 2.23. The molecular weight excluding hydrogens is 350 g/mol. The van der Waals surface area contributed by atoms with Crippen LogP contribution in [0.25, 0.3) is 0 Å². The van der Waals surface area contributed by atoms with Crippen LogP contribution < -0.4 is 5.32 Å². The molecule has 0 radical (unpaired) electrons. The van der Waals surface area contributed by atoms with Crippen molar-refractivity contribution in [2.45, 2.75) is 20.8 Å². The summed E-state index contributed by atoms with van der Waals surface area (Å²) in [6, 6.07) is 7.35. The van der Waals surface area contributed by atoms with E-state index in [2.05, 4.69) is 27.1 Å². The number of piperazine rings is 1. The Labute approximate surface area is 159 Å². The zero-order valence-corrected chi connectivity index (χ0v) is 16.2. The normalized spacial score (nSPS) is 15.2. The molecule has 0 saturated carbocycles. The van der Waals surface area contributed by atoms with Crippen LogP contribution in [-0.2, 0) is 0 Å². The van der Waals surface area contributed by atoms with Gasteiger partial charge in [0.15, 0.2) is 0 Å². The highest BCUT2D eigenvalue weighted by molar-refractivity contribution is 6.30. The fraction of sp³-hybridized carbons (Fsp3) is 0.421. The van der Waals surface area contributed by atoms with Crippen LogP contribution in [-0.4, -0.2) is 58.4 Å². The molecule has 0 bridgehead atoms. The van der Waals surface area contributed by atoms with Gasteiger partial charge >= 0.3 is 0 Å². The summed E-state index contributed by atoms with van der Waals surface area (Å²) >= 11 is 6.08. The first-order valence-electron chi connectivity index (χ1n) is 8.86. The van der Waals surface area contributed by atoms with Gasteiger partial charge < -0.3 is 15.1 Å². The fourth-order valence-electron chi connectivity index (χ4n) is 3.04. The maximum Gasteiger partial charge on any atom is 0.272 e. The molecule has 1 aromatic carbocycles. The minimum Gasteiger partial charge on any atom is -0.340 e. The molecule has 0 spiro atoms. The number of hydrogen-bond donors (Lipinski definition) is 1. The molecule has 0 unspecified atom stereocenters. The number of aromatic nitrogens is 2. The number of amides is 1. The van der Waals surface area contributed by atoms with Crippen molar-refractivity contribution < 1.29 is 4.79 Å². The minimum atomic E-state index is -0.0443. The second-order valence-corrected chi connectivity index (χ2v) is 6.93. The first-order chi connectivity index (χ1) is 12.5. The van der Waals surface area contributed by atoms with Gasteiger partial charge in [-0.15, -0.1) is 0 Å². The lowest BCUT2D eigenvalue weighted by atomic mass is 10.2. The fourth-order valence-corrected chi connectivity index (χ4v) is 3.21. The Hall–Kier alpha value is -2.18. The third kappa shape index (κ3) is 4.31. The van der Waals surface area contributed by atoms with E-state index < -0.39 is 0 Å². The van der Waals surface area contributed by atoms with E-state index in [9.17, 15) is 4.79 Å². The standard InChI is InChI=1S/C19H24ClN5O/c1-4-24-7-9-25(10-8-24)19(26)17-12-18(22-14(3)21-17)23-16-11-15(20)6-5-13(16)2/h5-6,11-12H,4,7-10H2,1-3H3,(H,21,22,23). The van der Waals surface area contributed by atoms with Gasteiger partial charge in [-0.05, 0) is 38.1 Å². The second-order valence-electron chi connectivity index (χ2n) is 6.50. The van der Waals surface area contributed by atoms with Crippen molar-refractivity contribution in [3.63, 3.8) is 0 Å². The van der Waals surface area contributed by atoms with E-state index in [-0.39, 0.29) is 5.91 Å². The van der Waals surface area contributed by atoms with Crippen molar-refractivity contribution in [2.24, 2.45) is 0 Å². The number of likely N-dealkylation sites (N-methyl/N-ethyl adjacent to an activating group) is 1. The van der Waals surface area contributed by atoms with Gasteiger partial charge in [-0.25, -0.2) is 9.97 Å². The molecule has 3 rings (SSSR count). The van der Waals surface area contributed by atoms with Crippen molar-refractivity contribution in [3.8, 4) is 0 Å². The summed E-state index contributed by atoms with van der Waals surface area (Å²) in [5.41, 5.74) is 2.34. The average molecular weight is 374 g/mol. The van der Waals surface area contributed by atoms with Crippen molar-refractivity contribution in [1.29, 1.82) is 0 Å². The van der Waals surface area contributed by atoms with Gasteiger partial charge in [0.2, 0.25) is 0 Å². The lowest BCUT2D eigenvalue weighted by Crippen LogP contribution is -2.48. The Kier molecular flexibility index (Phi) is 5.74. The molecule has 2 aromatic rings. The van der Waals surface area contributed by atoms with Crippen LogP contribution in [0.2, 0.25) is 5.02 Å². The highest BCUT2D eigenvalue weighted by Crippen LogP contribution is 2.24. The quantitative estimate of drug-likeness (QED) is 0.891. The van der Waals surface area contributed by atoms with Gasteiger partial charge in [-0.2, -0.15) is 0 Å². The molecule has 26 heavy (non-hydrogen) atoms. The van der Waals surface area contributed by atoms with Crippen LogP contribution in [0.5, 0.6) is 0 Å². The van der Waals surface area contributed by atoms with Gasteiger partial charge in [0.05, 0.1) is 0 Å². The third-order valence-electron chi connectivity index (χ3n) is 4.63. The minimum absolute atomic E-state index is 0.0443. The van der Waals surface area contributed by atoms with Crippen molar-refractivity contribution >= 4 is 29.0 Å². The maximum absolute atomic E-state index is 12.8. The van der Waals surface area contributed by atoms with Crippen molar-refractivity contribution in [1.82, 2.24) is 19.8 Å². The van der Waals surface area contributed by atoms with E-state index in [1.165, 1.54) is 0 Å². The van der Waals surface area contributed by atoms with Crippen LogP contribution in [0.4, 0.5) is 11.5 Å². The summed E-state index contributed by atoms with van der Waals surface area (Å²) in [7, 11) is 0. The molecule has 1 aromatic heterocycles. The predicted octanol–water partition coefficient (Wildman–Crippen LogP) is 3.27. The molecule has 1 aliphatic heterocycles. The van der Waals surface area contributed by atoms with Gasteiger partial charge in [-0.3, -0.25) is 4.79 Å². The van der Waals surface area contributed by atoms with Gasteiger partial charge in [-0.1, -0.05) is 24.6 Å². The number of nitrogens with one attached hydrogen (secondary N) is 1. The molecule has 0 aliphatic carbocycles. The zero-order valence-electron chi connectivity index (χ0n) is 15.4. The number of rotatable bonds is 4. The first kappa shape index (κ1) is 18.6. The third-order valence-corrected chi connectivity index (χ3v) is 4.86. The largest absolute Gasteiger partial charge is 0.340 e. The SMILES string of the molecule is CCN1CCN(C(=O)c2cc(Nc3cc(Cl)ccc3C)nc(C)n2)CC1. The van der Waals surface area contributed by atoms with Crippen molar-refractivity contribution in [3.05, 3.63) is 46.4 Å². The molecular formula is C19H24ClN5O. The van der Waals surface area contributed by atoms with Gasteiger partial charge in [0.25, 0.3) is 5.91 Å². The molecule has 6 nitrogen and oxygen atoms in total. The molecule has 1 saturated heterocycles. The Balaban J connectivity index is 1.79.